The van der Waals surface area contributed by atoms with E-state index < -0.39 is 0 Å². The second kappa shape index (κ2) is 7.25. The van der Waals surface area contributed by atoms with Crippen molar-refractivity contribution in [3.8, 4) is 0 Å². The predicted octanol–water partition coefficient (Wildman–Crippen LogP) is 1.33. The summed E-state index contributed by atoms with van der Waals surface area (Å²) in [5.41, 5.74) is 0.877. The Hall–Kier alpha value is -2.70. The molecule has 7 nitrogen and oxygen atoms in total. The zero-order valence-corrected chi connectivity index (χ0v) is 13.7. The Morgan fingerprint density at radius 3 is 2.75 bits per heavy atom. The average Bonchev–Trinajstić information content (AvgIpc) is 2.60. The molecule has 126 valence electrons. The number of aromatic amines is 1. The molecule has 3 rings (SSSR count). The molecule has 2 N–H and O–H groups in total. The summed E-state index contributed by atoms with van der Waals surface area (Å²) in [4.78, 5) is 37.2. The Labute approximate surface area is 140 Å². The molecule has 24 heavy (non-hydrogen) atoms. The quantitative estimate of drug-likeness (QED) is 0.884. The molecule has 0 saturated carbocycles. The van der Waals surface area contributed by atoms with Gasteiger partial charge in [0.25, 0.3) is 11.5 Å². The van der Waals surface area contributed by atoms with E-state index in [4.69, 9.17) is 0 Å². The van der Waals surface area contributed by atoms with Crippen LogP contribution in [0.15, 0.2) is 35.4 Å². The summed E-state index contributed by atoms with van der Waals surface area (Å²) in [6.07, 6.45) is 5.31. The number of nitrogens with zero attached hydrogens (tertiary/aromatic N) is 3. The van der Waals surface area contributed by atoms with Crippen LogP contribution in [0, 0.1) is 5.92 Å². The molecule has 1 saturated heterocycles. The van der Waals surface area contributed by atoms with Crippen LogP contribution in [0.3, 0.4) is 0 Å². The number of aromatic nitrogens is 3. The van der Waals surface area contributed by atoms with Gasteiger partial charge in [-0.25, -0.2) is 4.98 Å². The van der Waals surface area contributed by atoms with Crippen molar-refractivity contribution >= 4 is 11.9 Å². The highest BCUT2D eigenvalue weighted by molar-refractivity contribution is 5.93. The van der Waals surface area contributed by atoms with E-state index in [2.05, 4.69) is 32.1 Å². The fourth-order valence-electron chi connectivity index (χ4n) is 2.73. The van der Waals surface area contributed by atoms with Gasteiger partial charge in [0, 0.05) is 37.1 Å². The van der Waals surface area contributed by atoms with E-state index in [1.54, 1.807) is 24.5 Å². The second-order valence-corrected chi connectivity index (χ2v) is 6.15. The number of carbonyl (C=O) groups is 1. The zero-order valence-electron chi connectivity index (χ0n) is 13.7. The van der Waals surface area contributed by atoms with Gasteiger partial charge in [0.2, 0.25) is 5.95 Å². The van der Waals surface area contributed by atoms with E-state index in [0.717, 1.165) is 25.9 Å². The van der Waals surface area contributed by atoms with Crippen LogP contribution < -0.4 is 15.8 Å². The van der Waals surface area contributed by atoms with Crippen LogP contribution in [-0.4, -0.2) is 33.9 Å². The lowest BCUT2D eigenvalue weighted by molar-refractivity contribution is 0.0950. The van der Waals surface area contributed by atoms with Crippen molar-refractivity contribution in [3.05, 3.63) is 52.2 Å². The molecule has 3 heterocycles. The largest absolute Gasteiger partial charge is 0.346 e. The van der Waals surface area contributed by atoms with Crippen LogP contribution >= 0.6 is 0 Å². The van der Waals surface area contributed by atoms with E-state index in [-0.39, 0.29) is 18.0 Å². The lowest BCUT2D eigenvalue weighted by Crippen LogP contribution is -2.35. The number of piperidine rings is 1. The number of anilines is 1. The minimum atomic E-state index is -0.215. The topological polar surface area (TPSA) is 91.0 Å². The molecule has 0 radical (unpaired) electrons. The first-order valence-electron chi connectivity index (χ1n) is 8.15. The van der Waals surface area contributed by atoms with Crippen molar-refractivity contribution in [3.63, 3.8) is 0 Å². The number of carbonyl (C=O) groups excluding carboxylic acids is 1. The summed E-state index contributed by atoms with van der Waals surface area (Å²) in [6.45, 7) is 4.22. The molecule has 0 bridgehead atoms. The number of hydrogen-bond donors (Lipinski definition) is 2. The maximum absolute atomic E-state index is 12.1. The molecule has 0 spiro atoms. The summed E-state index contributed by atoms with van der Waals surface area (Å²) < 4.78 is 0. The van der Waals surface area contributed by atoms with E-state index in [1.807, 2.05) is 0 Å². The summed E-state index contributed by atoms with van der Waals surface area (Å²) in [5.74, 6) is 1.08. The van der Waals surface area contributed by atoms with Gasteiger partial charge >= 0.3 is 0 Å². The molecule has 0 unspecified atom stereocenters. The Morgan fingerprint density at radius 2 is 2.04 bits per heavy atom. The molecule has 0 atom stereocenters. The molecular weight excluding hydrogens is 306 g/mol. The van der Waals surface area contributed by atoms with Gasteiger partial charge in [0.1, 0.15) is 0 Å². The standard InChI is InChI=1S/C17H21N5O2/c1-12-4-8-22(9-5-12)17-20-14(10-15(23)21-17)11-19-16(24)13-2-6-18-7-3-13/h2-3,6-7,10,12H,4-5,8-9,11H2,1H3,(H,19,24)(H,20,21,23). The van der Waals surface area contributed by atoms with Gasteiger partial charge in [0.05, 0.1) is 12.2 Å². The molecule has 1 aliphatic rings. The third kappa shape index (κ3) is 3.98. The molecule has 1 amide bonds. The van der Waals surface area contributed by atoms with E-state index in [9.17, 15) is 9.59 Å². The monoisotopic (exact) mass is 327 g/mol. The van der Waals surface area contributed by atoms with Crippen LogP contribution in [0.25, 0.3) is 0 Å². The summed E-state index contributed by atoms with van der Waals surface area (Å²) >= 11 is 0. The number of H-pyrrole nitrogens is 1. The molecule has 1 fully saturated rings. The molecular formula is C17H21N5O2. The number of hydrogen-bond acceptors (Lipinski definition) is 5. The van der Waals surface area contributed by atoms with Gasteiger partial charge in [0.15, 0.2) is 0 Å². The van der Waals surface area contributed by atoms with Crippen molar-refractivity contribution in [1.82, 2.24) is 20.3 Å². The van der Waals surface area contributed by atoms with Crippen LogP contribution in [0.5, 0.6) is 0 Å². The van der Waals surface area contributed by atoms with Crippen molar-refractivity contribution < 1.29 is 4.79 Å². The lowest BCUT2D eigenvalue weighted by atomic mass is 10.00. The first-order valence-corrected chi connectivity index (χ1v) is 8.15. The van der Waals surface area contributed by atoms with Gasteiger partial charge in [-0.2, -0.15) is 0 Å². The van der Waals surface area contributed by atoms with Crippen LogP contribution in [-0.2, 0) is 6.54 Å². The molecule has 0 aromatic carbocycles. The summed E-state index contributed by atoms with van der Waals surface area (Å²) in [6, 6.07) is 4.70. The summed E-state index contributed by atoms with van der Waals surface area (Å²) in [5, 5.41) is 2.78. The van der Waals surface area contributed by atoms with Crippen molar-refractivity contribution in [2.45, 2.75) is 26.3 Å². The van der Waals surface area contributed by atoms with Crippen molar-refractivity contribution in [1.29, 1.82) is 0 Å². The van der Waals surface area contributed by atoms with Gasteiger partial charge in [-0.05, 0) is 30.9 Å². The van der Waals surface area contributed by atoms with Crippen LogP contribution in [0.2, 0.25) is 0 Å². The lowest BCUT2D eigenvalue weighted by Gasteiger charge is -2.30. The normalized spacial score (nSPS) is 15.3. The highest BCUT2D eigenvalue weighted by Crippen LogP contribution is 2.19. The Morgan fingerprint density at radius 1 is 1.33 bits per heavy atom. The number of rotatable bonds is 4. The van der Waals surface area contributed by atoms with Gasteiger partial charge in [-0.15, -0.1) is 0 Å². The molecule has 2 aromatic rings. The smallest absolute Gasteiger partial charge is 0.252 e. The highest BCUT2D eigenvalue weighted by atomic mass is 16.1. The van der Waals surface area contributed by atoms with E-state index >= 15 is 0 Å². The average molecular weight is 327 g/mol. The maximum atomic E-state index is 12.1. The fourth-order valence-corrected chi connectivity index (χ4v) is 2.73. The minimum Gasteiger partial charge on any atom is -0.346 e. The van der Waals surface area contributed by atoms with E-state index in [0.29, 0.717) is 23.1 Å². The van der Waals surface area contributed by atoms with Crippen LogP contribution in [0.1, 0.15) is 35.8 Å². The minimum absolute atomic E-state index is 0.202. The first kappa shape index (κ1) is 16.2. The first-order chi connectivity index (χ1) is 11.6. The Kier molecular flexibility index (Phi) is 4.88. The third-order valence-electron chi connectivity index (χ3n) is 4.24. The third-order valence-corrected chi connectivity index (χ3v) is 4.24. The van der Waals surface area contributed by atoms with E-state index in [1.165, 1.54) is 6.07 Å². The zero-order chi connectivity index (χ0) is 16.9. The predicted molar refractivity (Wildman–Crippen MR) is 90.9 cm³/mol. The van der Waals surface area contributed by atoms with Gasteiger partial charge < -0.3 is 10.2 Å². The fraction of sp³-hybridized carbons (Fsp3) is 0.412. The molecule has 1 aliphatic heterocycles. The van der Waals surface area contributed by atoms with Crippen molar-refractivity contribution in [2.24, 2.45) is 5.92 Å². The second-order valence-electron chi connectivity index (χ2n) is 6.15. The highest BCUT2D eigenvalue weighted by Gasteiger charge is 2.18. The Balaban J connectivity index is 1.68. The Bertz CT molecular complexity index is 751. The maximum Gasteiger partial charge on any atom is 0.252 e. The van der Waals surface area contributed by atoms with Crippen molar-refractivity contribution in [2.75, 3.05) is 18.0 Å². The van der Waals surface area contributed by atoms with Crippen LogP contribution in [0.4, 0.5) is 5.95 Å². The number of pyridine rings is 1. The van der Waals surface area contributed by atoms with Gasteiger partial charge in [-0.3, -0.25) is 19.6 Å². The number of amides is 1. The molecule has 2 aromatic heterocycles. The molecule has 7 heteroatoms. The van der Waals surface area contributed by atoms with Gasteiger partial charge in [-0.1, -0.05) is 6.92 Å². The SMILES string of the molecule is CC1CCN(c2nc(CNC(=O)c3ccncc3)cc(=O)[nH]2)CC1. The summed E-state index contributed by atoms with van der Waals surface area (Å²) in [7, 11) is 0. The number of nitrogens with one attached hydrogen (secondary N) is 2. The molecule has 0 aliphatic carbocycles.